The molecule has 20 heavy (non-hydrogen) atoms. The van der Waals surface area contributed by atoms with Crippen molar-refractivity contribution in [3.8, 4) is 0 Å². The molecule has 0 radical (unpaired) electrons. The highest BCUT2D eigenvalue weighted by Gasteiger charge is 2.45. The summed E-state index contributed by atoms with van der Waals surface area (Å²) in [5.74, 6) is -0.0895. The Labute approximate surface area is 122 Å². The van der Waals surface area contributed by atoms with Crippen LogP contribution in [0.4, 0.5) is 4.39 Å². The van der Waals surface area contributed by atoms with Gasteiger partial charge in [0.25, 0.3) is 0 Å². The van der Waals surface area contributed by atoms with E-state index >= 15 is 0 Å². The number of halogens is 2. The summed E-state index contributed by atoms with van der Waals surface area (Å²) in [5.41, 5.74) is 6.01. The molecule has 2 aliphatic rings. The molecule has 1 aromatic carbocycles. The molecule has 2 N–H and O–H groups in total. The first-order valence-corrected chi connectivity index (χ1v) is 8.42. The van der Waals surface area contributed by atoms with Crippen molar-refractivity contribution >= 4 is 21.6 Å². The van der Waals surface area contributed by atoms with Gasteiger partial charge in [-0.3, -0.25) is 0 Å². The van der Waals surface area contributed by atoms with Crippen LogP contribution in [0, 0.1) is 17.7 Å². The summed E-state index contributed by atoms with van der Waals surface area (Å²) < 4.78 is 39.8. The number of hydrogen-bond donors (Lipinski definition) is 1. The van der Waals surface area contributed by atoms with Crippen molar-refractivity contribution in [2.45, 2.75) is 23.8 Å². The molecule has 3 unspecified atom stereocenters. The molecule has 7 heteroatoms. The van der Waals surface area contributed by atoms with E-state index in [1.165, 1.54) is 10.4 Å². The lowest BCUT2D eigenvalue weighted by Crippen LogP contribution is -2.33. The van der Waals surface area contributed by atoms with Gasteiger partial charge in [0.2, 0.25) is 10.0 Å². The maximum Gasteiger partial charge on any atom is 0.244 e. The van der Waals surface area contributed by atoms with Crippen LogP contribution in [0.2, 0.25) is 5.02 Å². The monoisotopic (exact) mass is 318 g/mol. The number of sulfonamides is 1. The van der Waals surface area contributed by atoms with Crippen LogP contribution >= 0.6 is 11.6 Å². The molecule has 0 spiro atoms. The minimum Gasteiger partial charge on any atom is -0.327 e. The summed E-state index contributed by atoms with van der Waals surface area (Å²) in [4.78, 5) is -0.160. The molecule has 1 saturated heterocycles. The van der Waals surface area contributed by atoms with E-state index in [9.17, 15) is 12.8 Å². The Morgan fingerprint density at radius 2 is 2.05 bits per heavy atom. The first-order chi connectivity index (χ1) is 9.39. The molecule has 110 valence electrons. The lowest BCUT2D eigenvalue weighted by atomic mass is 9.98. The van der Waals surface area contributed by atoms with Gasteiger partial charge < -0.3 is 5.73 Å². The van der Waals surface area contributed by atoms with Crippen molar-refractivity contribution < 1.29 is 12.8 Å². The molecule has 0 aromatic heterocycles. The quantitative estimate of drug-likeness (QED) is 0.905. The van der Waals surface area contributed by atoms with Gasteiger partial charge in [0.15, 0.2) is 0 Å². The van der Waals surface area contributed by atoms with Gasteiger partial charge in [-0.2, -0.15) is 4.31 Å². The van der Waals surface area contributed by atoms with Crippen LogP contribution in [-0.4, -0.2) is 31.9 Å². The van der Waals surface area contributed by atoms with Crippen molar-refractivity contribution in [2.75, 3.05) is 13.1 Å². The zero-order chi connectivity index (χ0) is 14.5. The fraction of sp³-hybridized carbons (Fsp3) is 0.538. The average Bonchev–Trinajstić information content (AvgIpc) is 2.95. The van der Waals surface area contributed by atoms with Crippen LogP contribution in [0.5, 0.6) is 0 Å². The highest BCUT2D eigenvalue weighted by Crippen LogP contribution is 2.40. The summed E-state index contributed by atoms with van der Waals surface area (Å²) in [6, 6.07) is 3.46. The lowest BCUT2D eigenvalue weighted by Gasteiger charge is -2.19. The molecular formula is C13H16ClFN2O2S. The minimum absolute atomic E-state index is 0.0488. The Bertz CT molecular complexity index is 637. The Hall–Kier alpha value is -0.690. The van der Waals surface area contributed by atoms with Gasteiger partial charge in [0.05, 0.1) is 5.02 Å². The second-order valence-corrected chi connectivity index (χ2v) is 7.88. The van der Waals surface area contributed by atoms with Gasteiger partial charge in [-0.25, -0.2) is 12.8 Å². The Balaban J connectivity index is 1.92. The van der Waals surface area contributed by atoms with E-state index in [4.69, 9.17) is 17.3 Å². The van der Waals surface area contributed by atoms with E-state index in [2.05, 4.69) is 0 Å². The molecule has 4 nitrogen and oxygen atoms in total. The SMILES string of the molecule is NC1CCC2CN(S(=O)(=O)c3cc(F)ccc3Cl)CC12. The van der Waals surface area contributed by atoms with Crippen LogP contribution in [0.1, 0.15) is 12.8 Å². The lowest BCUT2D eigenvalue weighted by molar-refractivity contribution is 0.426. The van der Waals surface area contributed by atoms with Crippen LogP contribution in [0.25, 0.3) is 0 Å². The third kappa shape index (κ3) is 2.24. The zero-order valence-electron chi connectivity index (χ0n) is 10.8. The van der Waals surface area contributed by atoms with Crippen molar-refractivity contribution in [2.24, 2.45) is 17.6 Å². The predicted molar refractivity (Wildman–Crippen MR) is 74.4 cm³/mol. The van der Waals surface area contributed by atoms with E-state index in [0.717, 1.165) is 25.0 Å². The normalized spacial score (nSPS) is 30.6. The molecule has 1 aliphatic heterocycles. The molecule has 1 aromatic rings. The highest BCUT2D eigenvalue weighted by molar-refractivity contribution is 7.89. The van der Waals surface area contributed by atoms with Gasteiger partial charge in [-0.15, -0.1) is 0 Å². The summed E-state index contributed by atoms with van der Waals surface area (Å²) >= 11 is 5.91. The summed E-state index contributed by atoms with van der Waals surface area (Å²) in [5, 5.41) is 0.0488. The van der Waals surface area contributed by atoms with Crippen molar-refractivity contribution in [1.82, 2.24) is 4.31 Å². The number of rotatable bonds is 2. The zero-order valence-corrected chi connectivity index (χ0v) is 12.4. The first kappa shape index (κ1) is 14.3. The number of nitrogens with zero attached hydrogens (tertiary/aromatic N) is 1. The topological polar surface area (TPSA) is 63.4 Å². The van der Waals surface area contributed by atoms with Crippen molar-refractivity contribution in [3.63, 3.8) is 0 Å². The molecule has 2 fully saturated rings. The maximum atomic E-state index is 13.3. The third-order valence-corrected chi connectivity index (χ3v) is 6.70. The largest absolute Gasteiger partial charge is 0.327 e. The smallest absolute Gasteiger partial charge is 0.244 e. The molecule has 1 saturated carbocycles. The summed E-state index contributed by atoms with van der Waals surface area (Å²) in [6.45, 7) is 0.856. The number of fused-ring (bicyclic) bond motifs is 1. The molecule has 3 rings (SSSR count). The Kier molecular flexibility index (Phi) is 3.52. The second-order valence-electron chi connectivity index (χ2n) is 5.56. The third-order valence-electron chi connectivity index (χ3n) is 4.39. The average molecular weight is 319 g/mol. The summed E-state index contributed by atoms with van der Waals surface area (Å²) in [7, 11) is -3.75. The van der Waals surface area contributed by atoms with Crippen LogP contribution in [-0.2, 0) is 10.0 Å². The fourth-order valence-corrected chi connectivity index (χ4v) is 5.30. The van der Waals surface area contributed by atoms with Crippen molar-refractivity contribution in [3.05, 3.63) is 29.0 Å². The molecular weight excluding hydrogens is 303 g/mol. The number of benzene rings is 1. The highest BCUT2D eigenvalue weighted by atomic mass is 35.5. The van der Waals surface area contributed by atoms with Gasteiger partial charge in [-0.1, -0.05) is 11.6 Å². The molecule has 1 heterocycles. The van der Waals surface area contributed by atoms with Crippen LogP contribution in [0.3, 0.4) is 0 Å². The van der Waals surface area contributed by atoms with E-state index in [1.807, 2.05) is 0 Å². The van der Waals surface area contributed by atoms with E-state index in [0.29, 0.717) is 19.0 Å². The number of hydrogen-bond acceptors (Lipinski definition) is 3. The van der Waals surface area contributed by atoms with E-state index in [-0.39, 0.29) is 21.9 Å². The van der Waals surface area contributed by atoms with Gasteiger partial charge in [-0.05, 0) is 42.9 Å². The molecule has 0 bridgehead atoms. The van der Waals surface area contributed by atoms with Gasteiger partial charge in [0, 0.05) is 19.1 Å². The maximum absolute atomic E-state index is 13.3. The van der Waals surface area contributed by atoms with Crippen LogP contribution < -0.4 is 5.73 Å². The van der Waals surface area contributed by atoms with Gasteiger partial charge >= 0.3 is 0 Å². The second kappa shape index (κ2) is 4.94. The predicted octanol–water partition coefficient (Wildman–Crippen LogP) is 1.84. The van der Waals surface area contributed by atoms with Crippen LogP contribution in [0.15, 0.2) is 23.1 Å². The Morgan fingerprint density at radius 3 is 2.75 bits per heavy atom. The van der Waals surface area contributed by atoms with E-state index < -0.39 is 15.8 Å². The number of nitrogens with two attached hydrogens (primary N) is 1. The first-order valence-electron chi connectivity index (χ1n) is 6.60. The molecule has 1 aliphatic carbocycles. The van der Waals surface area contributed by atoms with E-state index in [1.54, 1.807) is 0 Å². The van der Waals surface area contributed by atoms with Crippen molar-refractivity contribution in [1.29, 1.82) is 0 Å². The standard InChI is InChI=1S/C13H16ClFN2O2S/c14-11-3-2-9(15)5-13(11)20(18,19)17-6-8-1-4-12(16)10(8)7-17/h2-3,5,8,10,12H,1,4,6-7,16H2. The van der Waals surface area contributed by atoms with Gasteiger partial charge in [0.1, 0.15) is 10.7 Å². The Morgan fingerprint density at radius 1 is 1.30 bits per heavy atom. The molecule has 3 atom stereocenters. The minimum atomic E-state index is -3.75. The summed E-state index contributed by atoms with van der Waals surface area (Å²) in [6.07, 6.45) is 1.90. The molecule has 0 amide bonds. The fourth-order valence-electron chi connectivity index (χ4n) is 3.28.